The number of nitrogens with zero attached hydrogens (tertiary/aromatic N) is 1. The Morgan fingerprint density at radius 1 is 0.808 bits per heavy atom. The van der Waals surface area contributed by atoms with Crippen LogP contribution in [0.1, 0.15) is 96.8 Å². The summed E-state index contributed by atoms with van der Waals surface area (Å²) in [6.45, 7) is 5.17. The van der Waals surface area contributed by atoms with Gasteiger partial charge in [-0.15, -0.1) is 0 Å². The highest BCUT2D eigenvalue weighted by molar-refractivity contribution is 4.72. The number of unbranched alkanes of at least 4 members (excludes halogenated alkanes) is 12. The van der Waals surface area contributed by atoms with Crippen molar-refractivity contribution in [2.75, 3.05) is 40.9 Å². The molecule has 158 valence electrons. The Kier molecular flexibility index (Phi) is 15.9. The van der Waals surface area contributed by atoms with Gasteiger partial charge in [0.25, 0.3) is 0 Å². The van der Waals surface area contributed by atoms with Gasteiger partial charge < -0.3 is 37.9 Å². The lowest BCUT2D eigenvalue weighted by atomic mass is 10.0. The van der Waals surface area contributed by atoms with Crippen LogP contribution in [0.3, 0.4) is 0 Å². The molecular weight excluding hydrogens is 437 g/mol. The van der Waals surface area contributed by atoms with Crippen molar-refractivity contribution >= 4 is 0 Å². The van der Waals surface area contributed by atoms with Crippen molar-refractivity contribution in [1.82, 2.24) is 0 Å². The van der Waals surface area contributed by atoms with E-state index < -0.39 is 0 Å². The molecule has 0 aromatic heterocycles. The Hall–Kier alpha value is 0.610. The number of hydrogen-bond acceptors (Lipinski definition) is 2. The first kappa shape index (κ1) is 26.6. The van der Waals surface area contributed by atoms with Crippen LogP contribution in [0.15, 0.2) is 0 Å². The SMILES string of the molecule is CCCCCCCCCCCCCCCC1(OC)C[N+](C)(C)CCO1.[I-]. The first-order valence-electron chi connectivity index (χ1n) is 11.0. The highest BCUT2D eigenvalue weighted by Gasteiger charge is 2.41. The second-order valence-electron chi connectivity index (χ2n) is 8.77. The molecule has 0 radical (unpaired) electrons. The summed E-state index contributed by atoms with van der Waals surface area (Å²) in [5.74, 6) is -0.334. The van der Waals surface area contributed by atoms with Crippen molar-refractivity contribution < 1.29 is 37.9 Å². The number of quaternary nitrogens is 1. The third-order valence-corrected chi connectivity index (χ3v) is 5.76. The minimum atomic E-state index is -0.334. The number of halogens is 1. The van der Waals surface area contributed by atoms with Crippen LogP contribution in [0.25, 0.3) is 0 Å². The molecule has 1 fully saturated rings. The van der Waals surface area contributed by atoms with Gasteiger partial charge in [0.15, 0.2) is 0 Å². The maximum Gasteiger partial charge on any atom is 0.218 e. The molecule has 1 aliphatic rings. The second kappa shape index (κ2) is 15.5. The molecule has 1 aliphatic heterocycles. The zero-order valence-corrected chi connectivity index (χ0v) is 20.3. The first-order chi connectivity index (χ1) is 12.0. The van der Waals surface area contributed by atoms with Gasteiger partial charge in [-0.3, -0.25) is 0 Å². The Labute approximate surface area is 181 Å². The maximum absolute atomic E-state index is 6.02. The van der Waals surface area contributed by atoms with Crippen molar-refractivity contribution in [3.8, 4) is 0 Å². The minimum Gasteiger partial charge on any atom is -1.00 e. The van der Waals surface area contributed by atoms with E-state index in [4.69, 9.17) is 9.47 Å². The molecule has 3 nitrogen and oxygen atoms in total. The summed E-state index contributed by atoms with van der Waals surface area (Å²) in [6, 6.07) is 0. The molecule has 0 saturated carbocycles. The molecule has 1 rings (SSSR count). The molecule has 4 heteroatoms. The highest BCUT2D eigenvalue weighted by Crippen LogP contribution is 2.28. The number of morpholine rings is 1. The molecule has 0 spiro atoms. The summed E-state index contributed by atoms with van der Waals surface area (Å²) in [5.41, 5.74) is 0. The molecule has 0 N–H and O–H groups in total. The molecule has 0 aromatic carbocycles. The summed E-state index contributed by atoms with van der Waals surface area (Å²) in [4.78, 5) is 0. The fraction of sp³-hybridized carbons (Fsp3) is 1.00. The van der Waals surface area contributed by atoms with Crippen LogP contribution in [-0.2, 0) is 9.47 Å². The zero-order chi connectivity index (χ0) is 18.4. The zero-order valence-electron chi connectivity index (χ0n) is 18.2. The van der Waals surface area contributed by atoms with Gasteiger partial charge in [0.2, 0.25) is 5.79 Å². The molecule has 26 heavy (non-hydrogen) atoms. The van der Waals surface area contributed by atoms with E-state index in [9.17, 15) is 0 Å². The van der Waals surface area contributed by atoms with E-state index in [1.165, 1.54) is 83.5 Å². The Balaban J connectivity index is 0.00000625. The van der Waals surface area contributed by atoms with Gasteiger partial charge in [-0.1, -0.05) is 84.0 Å². The third-order valence-electron chi connectivity index (χ3n) is 5.76. The fourth-order valence-electron chi connectivity index (χ4n) is 4.04. The monoisotopic (exact) mass is 483 g/mol. The van der Waals surface area contributed by atoms with Crippen molar-refractivity contribution in [3.63, 3.8) is 0 Å². The summed E-state index contributed by atoms with van der Waals surface area (Å²) >= 11 is 0. The third kappa shape index (κ3) is 12.1. The lowest BCUT2D eigenvalue weighted by molar-refractivity contribution is -0.911. The average Bonchev–Trinajstić information content (AvgIpc) is 2.58. The Morgan fingerprint density at radius 2 is 1.27 bits per heavy atom. The number of ether oxygens (including phenoxy) is 2. The molecule has 1 saturated heterocycles. The van der Waals surface area contributed by atoms with Crippen molar-refractivity contribution in [3.05, 3.63) is 0 Å². The number of hydrogen-bond donors (Lipinski definition) is 0. The molecule has 0 aliphatic carbocycles. The smallest absolute Gasteiger partial charge is 0.218 e. The van der Waals surface area contributed by atoms with Crippen molar-refractivity contribution in [2.24, 2.45) is 0 Å². The molecule has 1 unspecified atom stereocenters. The normalized spacial score (nSPS) is 22.2. The fourth-order valence-corrected chi connectivity index (χ4v) is 4.04. The quantitative estimate of drug-likeness (QED) is 0.203. The number of methoxy groups -OCH3 is 1. The molecule has 0 aromatic rings. The van der Waals surface area contributed by atoms with Crippen LogP contribution < -0.4 is 24.0 Å². The largest absolute Gasteiger partial charge is 1.00 e. The minimum absolute atomic E-state index is 0. The van der Waals surface area contributed by atoms with Crippen LogP contribution in [0.5, 0.6) is 0 Å². The van der Waals surface area contributed by atoms with Crippen molar-refractivity contribution in [2.45, 2.75) is 103 Å². The van der Waals surface area contributed by atoms with Gasteiger partial charge in [-0.25, -0.2) is 0 Å². The predicted octanol–water partition coefficient (Wildman–Crippen LogP) is 2.92. The molecule has 1 heterocycles. The topological polar surface area (TPSA) is 18.5 Å². The van der Waals surface area contributed by atoms with Gasteiger partial charge >= 0.3 is 0 Å². The Bertz CT molecular complexity index is 325. The van der Waals surface area contributed by atoms with E-state index in [1.54, 1.807) is 0 Å². The van der Waals surface area contributed by atoms with E-state index >= 15 is 0 Å². The van der Waals surface area contributed by atoms with E-state index in [0.29, 0.717) is 0 Å². The standard InChI is InChI=1S/C22H46NO2.HI/c1-5-6-7-8-9-10-11-12-13-14-15-16-17-18-22(24-4)21-23(2,3)19-20-25-22;/h5-21H2,1-4H3;1H/q+1;/p-1. The summed E-state index contributed by atoms with van der Waals surface area (Å²) in [7, 11) is 6.37. The van der Waals surface area contributed by atoms with E-state index in [2.05, 4.69) is 21.0 Å². The average molecular weight is 484 g/mol. The molecule has 0 amide bonds. The molecule has 0 bridgehead atoms. The van der Waals surface area contributed by atoms with Gasteiger partial charge in [0.05, 0.1) is 20.7 Å². The number of likely N-dealkylation sites (N-methyl/N-ethyl adjacent to an activating group) is 1. The van der Waals surface area contributed by atoms with Crippen LogP contribution >= 0.6 is 0 Å². The van der Waals surface area contributed by atoms with Crippen LogP contribution in [0.4, 0.5) is 0 Å². The first-order valence-corrected chi connectivity index (χ1v) is 11.0. The van der Waals surface area contributed by atoms with Crippen LogP contribution in [0.2, 0.25) is 0 Å². The summed E-state index contributed by atoms with van der Waals surface area (Å²) < 4.78 is 12.8. The van der Waals surface area contributed by atoms with E-state index in [0.717, 1.165) is 30.6 Å². The lowest BCUT2D eigenvalue weighted by Gasteiger charge is -2.44. The van der Waals surface area contributed by atoms with E-state index in [1.807, 2.05) is 7.11 Å². The molecular formula is C22H46INO2. The van der Waals surface area contributed by atoms with Crippen LogP contribution in [0, 0.1) is 0 Å². The van der Waals surface area contributed by atoms with Gasteiger partial charge in [-0.2, -0.15) is 0 Å². The van der Waals surface area contributed by atoms with Gasteiger partial charge in [0, 0.05) is 13.5 Å². The van der Waals surface area contributed by atoms with Gasteiger partial charge in [-0.05, 0) is 6.42 Å². The predicted molar refractivity (Wildman–Crippen MR) is 108 cm³/mol. The van der Waals surface area contributed by atoms with E-state index in [-0.39, 0.29) is 29.8 Å². The molecule has 1 atom stereocenters. The van der Waals surface area contributed by atoms with Crippen molar-refractivity contribution in [1.29, 1.82) is 0 Å². The summed E-state index contributed by atoms with van der Waals surface area (Å²) in [5, 5.41) is 0. The highest BCUT2D eigenvalue weighted by atomic mass is 127. The lowest BCUT2D eigenvalue weighted by Crippen LogP contribution is -3.00. The summed E-state index contributed by atoms with van der Waals surface area (Å²) in [6.07, 6.45) is 19.2. The second-order valence-corrected chi connectivity index (χ2v) is 8.77. The van der Waals surface area contributed by atoms with Crippen LogP contribution in [-0.4, -0.2) is 51.2 Å². The van der Waals surface area contributed by atoms with Gasteiger partial charge in [0.1, 0.15) is 13.1 Å². The number of rotatable bonds is 15. The Morgan fingerprint density at radius 3 is 1.69 bits per heavy atom. The maximum atomic E-state index is 6.02.